The lowest BCUT2D eigenvalue weighted by molar-refractivity contribution is -0.384. The third kappa shape index (κ3) is 2.86. The van der Waals surface area contributed by atoms with E-state index in [1.807, 2.05) is 0 Å². The van der Waals surface area contributed by atoms with Crippen LogP contribution in [-0.2, 0) is 4.79 Å². The lowest BCUT2D eigenvalue weighted by Crippen LogP contribution is -2.45. The summed E-state index contributed by atoms with van der Waals surface area (Å²) >= 11 is 3.27. The molecule has 0 amide bonds. The normalized spacial score (nSPS) is 19.2. The lowest BCUT2D eigenvalue weighted by Gasteiger charge is -2.34. The molecule has 0 aromatic heterocycles. The van der Waals surface area contributed by atoms with Crippen molar-refractivity contribution in [1.82, 2.24) is 0 Å². The minimum atomic E-state index is -0.936. The second-order valence-corrected chi connectivity index (χ2v) is 5.35. The van der Waals surface area contributed by atoms with Crippen LogP contribution in [-0.4, -0.2) is 28.6 Å². The van der Waals surface area contributed by atoms with Gasteiger partial charge >= 0.3 is 5.97 Å². The van der Waals surface area contributed by atoms with E-state index in [1.165, 1.54) is 6.07 Å². The molecular weight excluding hydrogens is 316 g/mol. The van der Waals surface area contributed by atoms with Crippen molar-refractivity contribution in [3.8, 4) is 0 Å². The first-order valence-corrected chi connectivity index (χ1v) is 6.73. The average Bonchev–Trinajstić information content (AvgIpc) is 2.38. The van der Waals surface area contributed by atoms with Crippen LogP contribution in [0.2, 0.25) is 0 Å². The summed E-state index contributed by atoms with van der Waals surface area (Å²) in [5, 5.41) is 20.3. The Hall–Kier alpha value is -1.63. The Balaban J connectivity index is 2.46. The smallest absolute Gasteiger partial charge is 0.326 e. The fourth-order valence-electron chi connectivity index (χ4n) is 2.36. The number of aliphatic carboxylic acids is 1. The molecule has 1 aliphatic rings. The van der Waals surface area contributed by atoms with Gasteiger partial charge in [-0.25, -0.2) is 4.79 Å². The largest absolute Gasteiger partial charge is 0.480 e. The van der Waals surface area contributed by atoms with Gasteiger partial charge in [0, 0.05) is 17.1 Å². The molecule has 1 heterocycles. The molecule has 1 N–H and O–H groups in total. The standard InChI is InChI=1S/C12H13BrN2O4/c13-8-4-5-9(15(18)19)11(7-8)14-6-2-1-3-10(14)12(16)17/h4-5,7,10H,1-3,6H2,(H,16,17). The van der Waals surface area contributed by atoms with Gasteiger partial charge in [0.15, 0.2) is 0 Å². The first-order chi connectivity index (χ1) is 9.00. The molecular formula is C12H13BrN2O4. The second kappa shape index (κ2) is 5.56. The first kappa shape index (κ1) is 13.8. The number of hydrogen-bond donors (Lipinski definition) is 1. The summed E-state index contributed by atoms with van der Waals surface area (Å²) in [5.74, 6) is -0.936. The van der Waals surface area contributed by atoms with E-state index in [1.54, 1.807) is 17.0 Å². The van der Waals surface area contributed by atoms with Crippen LogP contribution >= 0.6 is 15.9 Å². The number of piperidine rings is 1. The van der Waals surface area contributed by atoms with E-state index < -0.39 is 16.9 Å². The van der Waals surface area contributed by atoms with E-state index in [0.717, 1.165) is 12.8 Å². The molecule has 1 aliphatic heterocycles. The summed E-state index contributed by atoms with van der Waals surface area (Å²) in [6.07, 6.45) is 2.18. The lowest BCUT2D eigenvalue weighted by atomic mass is 10.0. The van der Waals surface area contributed by atoms with E-state index in [0.29, 0.717) is 23.1 Å². The molecule has 1 fully saturated rings. The van der Waals surface area contributed by atoms with Gasteiger partial charge in [-0.1, -0.05) is 15.9 Å². The molecule has 7 heteroatoms. The molecule has 1 aromatic rings. The van der Waals surface area contributed by atoms with Crippen molar-refractivity contribution in [3.05, 3.63) is 32.8 Å². The highest BCUT2D eigenvalue weighted by molar-refractivity contribution is 9.10. The summed E-state index contributed by atoms with van der Waals surface area (Å²) in [5.41, 5.74) is 0.308. The van der Waals surface area contributed by atoms with E-state index in [2.05, 4.69) is 15.9 Å². The Morgan fingerprint density at radius 2 is 2.21 bits per heavy atom. The maximum atomic E-state index is 11.3. The van der Waals surface area contributed by atoms with Crippen molar-refractivity contribution in [2.45, 2.75) is 25.3 Å². The molecule has 0 aliphatic carbocycles. The summed E-state index contributed by atoms with van der Waals surface area (Å²) in [4.78, 5) is 23.5. The monoisotopic (exact) mass is 328 g/mol. The van der Waals surface area contributed by atoms with Gasteiger partial charge < -0.3 is 10.0 Å². The number of benzene rings is 1. The Morgan fingerprint density at radius 3 is 2.84 bits per heavy atom. The Bertz CT molecular complexity index is 520. The number of carbonyl (C=O) groups is 1. The van der Waals surface area contributed by atoms with Crippen LogP contribution in [0, 0.1) is 10.1 Å². The van der Waals surface area contributed by atoms with Crippen LogP contribution in [0.4, 0.5) is 11.4 Å². The Kier molecular flexibility index (Phi) is 4.04. The van der Waals surface area contributed by atoms with Gasteiger partial charge in [0.25, 0.3) is 5.69 Å². The zero-order valence-electron chi connectivity index (χ0n) is 10.1. The molecule has 6 nitrogen and oxygen atoms in total. The summed E-state index contributed by atoms with van der Waals surface area (Å²) in [6, 6.07) is 3.90. The van der Waals surface area contributed by atoms with E-state index in [4.69, 9.17) is 0 Å². The van der Waals surface area contributed by atoms with E-state index in [9.17, 15) is 20.0 Å². The van der Waals surface area contributed by atoms with Gasteiger partial charge in [-0.2, -0.15) is 0 Å². The molecule has 1 atom stereocenters. The van der Waals surface area contributed by atoms with Gasteiger partial charge in [0.1, 0.15) is 11.7 Å². The van der Waals surface area contributed by atoms with Gasteiger partial charge in [-0.05, 0) is 31.4 Å². The maximum Gasteiger partial charge on any atom is 0.326 e. The summed E-state index contributed by atoms with van der Waals surface area (Å²) in [6.45, 7) is 0.522. The van der Waals surface area contributed by atoms with Crippen molar-refractivity contribution in [2.75, 3.05) is 11.4 Å². The van der Waals surface area contributed by atoms with Gasteiger partial charge in [0.05, 0.1) is 4.92 Å². The number of carboxylic acid groups (broad SMARTS) is 1. The second-order valence-electron chi connectivity index (χ2n) is 4.43. The molecule has 1 aromatic carbocycles. The molecule has 0 spiro atoms. The number of nitro groups is 1. The summed E-state index contributed by atoms with van der Waals surface area (Å²) < 4.78 is 0.697. The number of nitro benzene ring substituents is 1. The molecule has 2 rings (SSSR count). The molecule has 102 valence electrons. The van der Waals surface area contributed by atoms with E-state index in [-0.39, 0.29) is 5.69 Å². The van der Waals surface area contributed by atoms with Gasteiger partial charge in [-0.15, -0.1) is 0 Å². The highest BCUT2D eigenvalue weighted by Gasteiger charge is 2.32. The Morgan fingerprint density at radius 1 is 1.47 bits per heavy atom. The molecule has 19 heavy (non-hydrogen) atoms. The third-order valence-corrected chi connectivity index (χ3v) is 3.72. The van der Waals surface area contributed by atoms with Crippen molar-refractivity contribution < 1.29 is 14.8 Å². The fraction of sp³-hybridized carbons (Fsp3) is 0.417. The molecule has 0 bridgehead atoms. The number of carboxylic acids is 1. The predicted octanol–water partition coefficient (Wildman–Crippen LogP) is 2.80. The fourth-order valence-corrected chi connectivity index (χ4v) is 2.71. The maximum absolute atomic E-state index is 11.3. The molecule has 1 unspecified atom stereocenters. The molecule has 1 saturated heterocycles. The Labute approximate surface area is 118 Å². The quantitative estimate of drug-likeness (QED) is 0.681. The SMILES string of the molecule is O=C(O)C1CCCCN1c1cc(Br)ccc1[N+](=O)[O-]. The number of nitrogens with zero attached hydrogens (tertiary/aromatic N) is 2. The minimum absolute atomic E-state index is 0.0589. The number of rotatable bonds is 3. The van der Waals surface area contributed by atoms with Crippen LogP contribution < -0.4 is 4.90 Å². The van der Waals surface area contributed by atoms with Crippen LogP contribution in [0.3, 0.4) is 0 Å². The predicted molar refractivity (Wildman–Crippen MR) is 73.4 cm³/mol. The van der Waals surface area contributed by atoms with Crippen molar-refractivity contribution in [1.29, 1.82) is 0 Å². The summed E-state index contributed by atoms with van der Waals surface area (Å²) in [7, 11) is 0. The van der Waals surface area contributed by atoms with Crippen LogP contribution in [0.5, 0.6) is 0 Å². The molecule has 0 radical (unpaired) electrons. The zero-order chi connectivity index (χ0) is 14.0. The van der Waals surface area contributed by atoms with E-state index >= 15 is 0 Å². The van der Waals surface area contributed by atoms with Crippen LogP contribution in [0.25, 0.3) is 0 Å². The van der Waals surface area contributed by atoms with Gasteiger partial charge in [0.2, 0.25) is 0 Å². The van der Waals surface area contributed by atoms with Crippen molar-refractivity contribution in [3.63, 3.8) is 0 Å². The first-order valence-electron chi connectivity index (χ1n) is 5.94. The average molecular weight is 329 g/mol. The van der Waals surface area contributed by atoms with Crippen molar-refractivity contribution >= 4 is 33.3 Å². The number of anilines is 1. The highest BCUT2D eigenvalue weighted by Crippen LogP contribution is 2.35. The third-order valence-electron chi connectivity index (χ3n) is 3.23. The minimum Gasteiger partial charge on any atom is -0.480 e. The van der Waals surface area contributed by atoms with Crippen LogP contribution in [0.15, 0.2) is 22.7 Å². The van der Waals surface area contributed by atoms with Crippen molar-refractivity contribution in [2.24, 2.45) is 0 Å². The highest BCUT2D eigenvalue weighted by atomic mass is 79.9. The number of halogens is 1. The van der Waals surface area contributed by atoms with Gasteiger partial charge in [-0.3, -0.25) is 10.1 Å². The number of hydrogen-bond acceptors (Lipinski definition) is 4. The molecule has 0 saturated carbocycles. The van der Waals surface area contributed by atoms with Crippen LogP contribution in [0.1, 0.15) is 19.3 Å². The zero-order valence-corrected chi connectivity index (χ0v) is 11.7. The topological polar surface area (TPSA) is 83.7 Å².